The van der Waals surface area contributed by atoms with Crippen molar-refractivity contribution in [2.75, 3.05) is 24.6 Å². The van der Waals surface area contributed by atoms with Gasteiger partial charge in [0.15, 0.2) is 0 Å². The summed E-state index contributed by atoms with van der Waals surface area (Å²) in [4.78, 5) is 26.5. The molecule has 156 valence electrons. The molecule has 2 aromatic carbocycles. The van der Waals surface area contributed by atoms with Crippen LogP contribution in [0.3, 0.4) is 0 Å². The van der Waals surface area contributed by atoms with E-state index >= 15 is 0 Å². The number of aliphatic hydroxyl groups excluding tert-OH is 1. The summed E-state index contributed by atoms with van der Waals surface area (Å²) in [5.74, 6) is -0.329. The molecule has 0 aromatic heterocycles. The van der Waals surface area contributed by atoms with Crippen molar-refractivity contribution in [3.63, 3.8) is 0 Å². The van der Waals surface area contributed by atoms with Crippen LogP contribution in [0.2, 0.25) is 0 Å². The van der Waals surface area contributed by atoms with Gasteiger partial charge < -0.3 is 10.4 Å². The van der Waals surface area contributed by atoms with Crippen molar-refractivity contribution < 1.29 is 14.7 Å². The van der Waals surface area contributed by atoms with E-state index in [1.54, 1.807) is 24.3 Å². The standard InChI is InChI=1S/C23H26N4O3/c1-16-12-22(29)27(25-16)20-8-6-18(7-9-20)23(30)24-13-21(28)15-26-11-10-17-4-2-3-5-19(17)14-26/h2-9,21,28H,10-15H2,1H3,(H,24,30). The number of β-amino-alcohol motifs (C(OH)–C–C–N with tert-alkyl or cyclic N) is 1. The van der Waals surface area contributed by atoms with Gasteiger partial charge >= 0.3 is 0 Å². The topological polar surface area (TPSA) is 85.2 Å². The van der Waals surface area contributed by atoms with Gasteiger partial charge in [0.25, 0.3) is 11.8 Å². The van der Waals surface area contributed by atoms with Crippen molar-refractivity contribution in [2.24, 2.45) is 5.10 Å². The van der Waals surface area contributed by atoms with Crippen molar-refractivity contribution in [1.82, 2.24) is 10.2 Å². The van der Waals surface area contributed by atoms with Gasteiger partial charge in [-0.2, -0.15) is 5.10 Å². The number of hydrogen-bond donors (Lipinski definition) is 2. The van der Waals surface area contributed by atoms with E-state index in [2.05, 4.69) is 33.5 Å². The summed E-state index contributed by atoms with van der Waals surface area (Å²) >= 11 is 0. The molecule has 0 radical (unpaired) electrons. The number of aliphatic hydroxyl groups is 1. The number of carbonyl (C=O) groups excluding carboxylic acids is 2. The quantitative estimate of drug-likeness (QED) is 0.768. The minimum atomic E-state index is -0.641. The van der Waals surface area contributed by atoms with Crippen molar-refractivity contribution in [3.8, 4) is 0 Å². The molecule has 4 rings (SSSR count). The van der Waals surface area contributed by atoms with Gasteiger partial charge in [-0.3, -0.25) is 14.5 Å². The highest BCUT2D eigenvalue weighted by Gasteiger charge is 2.23. The van der Waals surface area contributed by atoms with Crippen LogP contribution in [0.1, 0.15) is 34.8 Å². The Balaban J connectivity index is 1.27. The number of anilines is 1. The second-order valence-electron chi connectivity index (χ2n) is 7.88. The van der Waals surface area contributed by atoms with Gasteiger partial charge in [-0.15, -0.1) is 0 Å². The Bertz CT molecular complexity index is 971. The molecular weight excluding hydrogens is 380 g/mol. The number of hydrogen-bond acceptors (Lipinski definition) is 5. The number of carbonyl (C=O) groups is 2. The van der Waals surface area contributed by atoms with Crippen molar-refractivity contribution >= 4 is 23.2 Å². The number of nitrogens with zero attached hydrogens (tertiary/aromatic N) is 3. The molecule has 30 heavy (non-hydrogen) atoms. The third kappa shape index (κ3) is 4.58. The van der Waals surface area contributed by atoms with Crippen LogP contribution in [0, 0.1) is 0 Å². The van der Waals surface area contributed by atoms with Crippen molar-refractivity contribution in [3.05, 3.63) is 65.2 Å². The third-order valence-corrected chi connectivity index (χ3v) is 5.46. The minimum Gasteiger partial charge on any atom is -0.390 e. The highest BCUT2D eigenvalue weighted by atomic mass is 16.3. The highest BCUT2D eigenvalue weighted by Crippen LogP contribution is 2.21. The molecule has 1 atom stereocenters. The van der Waals surface area contributed by atoms with E-state index in [1.165, 1.54) is 16.1 Å². The third-order valence-electron chi connectivity index (χ3n) is 5.46. The molecule has 0 fully saturated rings. The molecule has 2 aliphatic rings. The molecule has 7 nitrogen and oxygen atoms in total. The Morgan fingerprint density at radius 2 is 1.90 bits per heavy atom. The second-order valence-corrected chi connectivity index (χ2v) is 7.88. The summed E-state index contributed by atoms with van der Waals surface area (Å²) in [6.45, 7) is 4.24. The minimum absolute atomic E-state index is 0.0758. The Morgan fingerprint density at radius 1 is 1.17 bits per heavy atom. The van der Waals surface area contributed by atoms with Gasteiger partial charge in [-0.1, -0.05) is 24.3 Å². The van der Waals surface area contributed by atoms with Crippen LogP contribution in [0.25, 0.3) is 0 Å². The first-order valence-electron chi connectivity index (χ1n) is 10.2. The SMILES string of the molecule is CC1=NN(c2ccc(C(=O)NCC(O)CN3CCc4ccccc4C3)cc2)C(=O)C1. The zero-order valence-corrected chi connectivity index (χ0v) is 17.0. The molecule has 1 unspecified atom stereocenters. The normalized spacial score (nSPS) is 17.5. The Kier molecular flexibility index (Phi) is 5.92. The maximum Gasteiger partial charge on any atom is 0.253 e. The molecule has 0 spiro atoms. The summed E-state index contributed by atoms with van der Waals surface area (Å²) in [7, 11) is 0. The molecule has 0 saturated carbocycles. The molecular formula is C23H26N4O3. The van der Waals surface area contributed by atoms with Crippen LogP contribution in [-0.2, 0) is 17.8 Å². The molecule has 2 N–H and O–H groups in total. The predicted octanol–water partition coefficient (Wildman–Crippen LogP) is 1.95. The second kappa shape index (κ2) is 8.77. The van der Waals surface area contributed by atoms with Gasteiger partial charge in [0.2, 0.25) is 0 Å². The van der Waals surface area contributed by atoms with Gasteiger partial charge in [-0.25, -0.2) is 5.01 Å². The lowest BCUT2D eigenvalue weighted by Gasteiger charge is -2.30. The van der Waals surface area contributed by atoms with Crippen LogP contribution in [-0.4, -0.2) is 53.3 Å². The van der Waals surface area contributed by atoms with E-state index in [9.17, 15) is 14.7 Å². The molecule has 7 heteroatoms. The smallest absolute Gasteiger partial charge is 0.253 e. The maximum absolute atomic E-state index is 12.4. The number of amides is 2. The number of benzene rings is 2. The largest absolute Gasteiger partial charge is 0.390 e. The lowest BCUT2D eigenvalue weighted by molar-refractivity contribution is -0.116. The Labute approximate surface area is 176 Å². The number of nitrogens with one attached hydrogen (secondary N) is 1. The molecule has 2 aromatic rings. The van der Waals surface area contributed by atoms with E-state index in [0.717, 1.165) is 25.2 Å². The van der Waals surface area contributed by atoms with E-state index in [0.29, 0.717) is 24.2 Å². The van der Waals surface area contributed by atoms with Crippen LogP contribution >= 0.6 is 0 Å². The average molecular weight is 406 g/mol. The summed E-state index contributed by atoms with van der Waals surface area (Å²) < 4.78 is 0. The van der Waals surface area contributed by atoms with E-state index in [-0.39, 0.29) is 18.4 Å². The summed E-state index contributed by atoms with van der Waals surface area (Å²) in [5, 5.41) is 18.7. The monoisotopic (exact) mass is 406 g/mol. The average Bonchev–Trinajstić information content (AvgIpc) is 3.10. The molecule has 2 amide bonds. The fraction of sp³-hybridized carbons (Fsp3) is 0.348. The number of rotatable bonds is 6. The fourth-order valence-corrected chi connectivity index (χ4v) is 3.90. The molecule has 0 bridgehead atoms. The zero-order chi connectivity index (χ0) is 21.1. The predicted molar refractivity (Wildman–Crippen MR) is 115 cm³/mol. The van der Waals surface area contributed by atoms with E-state index in [1.807, 2.05) is 13.0 Å². The van der Waals surface area contributed by atoms with Crippen molar-refractivity contribution in [1.29, 1.82) is 0 Å². The van der Waals surface area contributed by atoms with Gasteiger partial charge in [0.1, 0.15) is 0 Å². The van der Waals surface area contributed by atoms with Crippen LogP contribution < -0.4 is 10.3 Å². The van der Waals surface area contributed by atoms with E-state index in [4.69, 9.17) is 0 Å². The lowest BCUT2D eigenvalue weighted by atomic mass is 10.00. The van der Waals surface area contributed by atoms with Crippen molar-refractivity contribution in [2.45, 2.75) is 32.4 Å². The summed E-state index contributed by atoms with van der Waals surface area (Å²) in [6, 6.07) is 15.1. The first-order chi connectivity index (χ1) is 14.5. The maximum atomic E-state index is 12.4. The van der Waals surface area contributed by atoms with Gasteiger partial charge in [0.05, 0.1) is 18.2 Å². The molecule has 0 saturated heterocycles. The van der Waals surface area contributed by atoms with E-state index < -0.39 is 6.10 Å². The molecule has 0 aliphatic carbocycles. The van der Waals surface area contributed by atoms with Crippen LogP contribution in [0.4, 0.5) is 5.69 Å². The molecule has 2 heterocycles. The summed E-state index contributed by atoms with van der Waals surface area (Å²) in [6.07, 6.45) is 0.658. The highest BCUT2D eigenvalue weighted by molar-refractivity contribution is 6.12. The first kappa shape index (κ1) is 20.3. The van der Waals surface area contributed by atoms with Gasteiger partial charge in [-0.05, 0) is 48.7 Å². The van der Waals surface area contributed by atoms with Crippen LogP contribution in [0.15, 0.2) is 53.6 Å². The molecule has 2 aliphatic heterocycles. The zero-order valence-electron chi connectivity index (χ0n) is 17.0. The number of hydrazone groups is 1. The fourth-order valence-electron chi connectivity index (χ4n) is 3.90. The summed E-state index contributed by atoms with van der Waals surface area (Å²) in [5.41, 5.74) is 4.56. The first-order valence-corrected chi connectivity index (χ1v) is 10.2. The lowest BCUT2D eigenvalue weighted by Crippen LogP contribution is -2.42. The van der Waals surface area contributed by atoms with Gasteiger partial charge in [0, 0.05) is 37.5 Å². The Hall–Kier alpha value is -3.03. The number of fused-ring (bicyclic) bond motifs is 1. The Morgan fingerprint density at radius 3 is 2.60 bits per heavy atom. The van der Waals surface area contributed by atoms with Crippen LogP contribution in [0.5, 0.6) is 0 Å².